The number of rotatable bonds is 6. The van der Waals surface area contributed by atoms with Crippen LogP contribution in [0.2, 0.25) is 18.1 Å². The molecule has 1 fully saturated rings. The van der Waals surface area contributed by atoms with Crippen LogP contribution in [0.5, 0.6) is 0 Å². The zero-order valence-corrected chi connectivity index (χ0v) is 16.0. The van der Waals surface area contributed by atoms with Crippen LogP contribution in [0.1, 0.15) is 66.2 Å². The summed E-state index contributed by atoms with van der Waals surface area (Å²) in [5.74, 6) is 0.468. The molecule has 1 aliphatic rings. The lowest BCUT2D eigenvalue weighted by atomic mass is 9.83. The van der Waals surface area contributed by atoms with Crippen molar-refractivity contribution < 1.29 is 9.53 Å². The van der Waals surface area contributed by atoms with Crippen LogP contribution >= 0.6 is 0 Å². The maximum absolute atomic E-state index is 10.4. The topological polar surface area (TPSA) is 29.5 Å². The Morgan fingerprint density at radius 1 is 1.24 bits per heavy atom. The van der Waals surface area contributed by atoms with Crippen molar-refractivity contribution in [2.75, 3.05) is 0 Å². The van der Waals surface area contributed by atoms with Crippen LogP contribution in [0.15, 0.2) is 12.2 Å². The molecule has 3 heteroatoms. The summed E-state index contributed by atoms with van der Waals surface area (Å²) in [6, 6.07) is 0. The van der Waals surface area contributed by atoms with E-state index in [4.69, 9.17) is 4.43 Å². The van der Waals surface area contributed by atoms with E-state index in [1.54, 1.807) is 0 Å². The van der Waals surface area contributed by atoms with E-state index in [1.165, 1.54) is 32.1 Å². The molecule has 0 aromatic rings. The summed E-state index contributed by atoms with van der Waals surface area (Å²) in [4.78, 5) is 0. The van der Waals surface area contributed by atoms with Crippen molar-refractivity contribution in [1.82, 2.24) is 0 Å². The molecule has 1 rings (SSSR count). The van der Waals surface area contributed by atoms with Gasteiger partial charge in [-0.2, -0.15) is 0 Å². The fourth-order valence-electron chi connectivity index (χ4n) is 2.82. The van der Waals surface area contributed by atoms with Gasteiger partial charge in [-0.1, -0.05) is 46.6 Å². The number of aliphatic hydroxyl groups is 1. The monoisotopic (exact) mass is 312 g/mol. The van der Waals surface area contributed by atoms with Crippen molar-refractivity contribution in [2.24, 2.45) is 5.92 Å². The van der Waals surface area contributed by atoms with Crippen molar-refractivity contribution in [1.29, 1.82) is 0 Å². The van der Waals surface area contributed by atoms with Gasteiger partial charge >= 0.3 is 0 Å². The lowest BCUT2D eigenvalue weighted by Gasteiger charge is -2.39. The molecule has 1 N–H and O–H groups in total. The smallest absolute Gasteiger partial charge is 0.192 e. The van der Waals surface area contributed by atoms with Crippen molar-refractivity contribution in [3.05, 3.63) is 12.2 Å². The molecular formula is C18H36O2Si. The molecule has 124 valence electrons. The molecule has 2 atom stereocenters. The Morgan fingerprint density at radius 2 is 1.76 bits per heavy atom. The first-order chi connectivity index (χ1) is 9.54. The highest BCUT2D eigenvalue weighted by atomic mass is 28.4. The maximum atomic E-state index is 10.4. The van der Waals surface area contributed by atoms with Gasteiger partial charge in [0.15, 0.2) is 8.32 Å². The van der Waals surface area contributed by atoms with Crippen molar-refractivity contribution >= 4 is 8.32 Å². The summed E-state index contributed by atoms with van der Waals surface area (Å²) >= 11 is 0. The molecule has 0 saturated heterocycles. The summed E-state index contributed by atoms with van der Waals surface area (Å²) in [6.45, 7) is 17.6. The molecule has 0 amide bonds. The van der Waals surface area contributed by atoms with Crippen LogP contribution < -0.4 is 0 Å². The van der Waals surface area contributed by atoms with Crippen LogP contribution in [-0.4, -0.2) is 25.6 Å². The molecule has 1 aliphatic carbocycles. The van der Waals surface area contributed by atoms with Crippen LogP contribution in [0.3, 0.4) is 0 Å². The predicted octanol–water partition coefficient (Wildman–Crippen LogP) is 5.28. The normalized spacial score (nSPS) is 21.1. The van der Waals surface area contributed by atoms with Gasteiger partial charge in [0.1, 0.15) is 0 Å². The quantitative estimate of drug-likeness (QED) is 0.534. The maximum Gasteiger partial charge on any atom is 0.192 e. The number of aliphatic hydroxyl groups excluding tert-OH is 1. The van der Waals surface area contributed by atoms with Gasteiger partial charge in [-0.05, 0) is 55.8 Å². The summed E-state index contributed by atoms with van der Waals surface area (Å²) in [5, 5.41) is 10.7. The molecule has 0 radical (unpaired) electrons. The van der Waals surface area contributed by atoms with Gasteiger partial charge in [0.05, 0.1) is 12.2 Å². The van der Waals surface area contributed by atoms with Gasteiger partial charge in [0, 0.05) is 0 Å². The second kappa shape index (κ2) is 7.43. The van der Waals surface area contributed by atoms with Crippen molar-refractivity contribution in [3.8, 4) is 0 Å². The molecule has 0 aromatic heterocycles. The minimum atomic E-state index is -1.76. The van der Waals surface area contributed by atoms with E-state index < -0.39 is 8.32 Å². The van der Waals surface area contributed by atoms with Gasteiger partial charge in [-0.25, -0.2) is 0 Å². The molecule has 21 heavy (non-hydrogen) atoms. The lowest BCUT2D eigenvalue weighted by molar-refractivity contribution is 0.0794. The highest BCUT2D eigenvalue weighted by Gasteiger charge is 2.39. The average Bonchev–Trinajstić information content (AvgIpc) is 2.37. The minimum Gasteiger partial charge on any atom is -0.411 e. The Kier molecular flexibility index (Phi) is 6.70. The highest BCUT2D eigenvalue weighted by Crippen LogP contribution is 2.38. The summed E-state index contributed by atoms with van der Waals surface area (Å²) in [6.07, 6.45) is 6.72. The SMILES string of the molecule is C=C(C[C@H](O)C1CCCCC1)[C@H](C)O[Si](C)(C)C(C)(C)C. The fraction of sp³-hybridized carbons (Fsp3) is 0.889. The largest absolute Gasteiger partial charge is 0.411 e. The second-order valence-electron chi connectivity index (χ2n) is 8.35. The van der Waals surface area contributed by atoms with Crippen LogP contribution in [0.4, 0.5) is 0 Å². The van der Waals surface area contributed by atoms with Gasteiger partial charge < -0.3 is 9.53 Å². The molecular weight excluding hydrogens is 276 g/mol. The third kappa shape index (κ3) is 5.54. The molecule has 0 aromatic carbocycles. The Bertz CT molecular complexity index is 338. The Hall–Kier alpha value is -0.123. The zero-order chi connectivity index (χ0) is 16.3. The Morgan fingerprint density at radius 3 is 2.24 bits per heavy atom. The lowest BCUT2D eigenvalue weighted by Crippen LogP contribution is -2.43. The molecule has 0 spiro atoms. The molecule has 0 aliphatic heterocycles. The molecule has 0 unspecified atom stereocenters. The van der Waals surface area contributed by atoms with E-state index in [9.17, 15) is 5.11 Å². The Labute approximate surface area is 133 Å². The van der Waals surface area contributed by atoms with Crippen LogP contribution in [0, 0.1) is 5.92 Å². The molecule has 2 nitrogen and oxygen atoms in total. The van der Waals surface area contributed by atoms with Gasteiger partial charge in [-0.15, -0.1) is 0 Å². The van der Waals surface area contributed by atoms with E-state index in [-0.39, 0.29) is 17.2 Å². The Balaban J connectivity index is 2.50. The van der Waals surface area contributed by atoms with Crippen molar-refractivity contribution in [3.63, 3.8) is 0 Å². The minimum absolute atomic E-state index is 0.0455. The third-order valence-electron chi connectivity index (χ3n) is 5.52. The van der Waals surface area contributed by atoms with E-state index in [1.807, 2.05) is 0 Å². The first-order valence-electron chi connectivity index (χ1n) is 8.58. The first-order valence-corrected chi connectivity index (χ1v) is 11.5. The van der Waals surface area contributed by atoms with Crippen molar-refractivity contribution in [2.45, 2.75) is 96.6 Å². The van der Waals surface area contributed by atoms with Gasteiger partial charge in [-0.3, -0.25) is 0 Å². The standard InChI is InChI=1S/C18H36O2Si/c1-14(13-17(19)16-11-9-8-10-12-16)15(2)20-21(6,7)18(3,4)5/h15-17,19H,1,8-13H2,2-7H3/t15-,17-/m0/s1. The molecule has 0 heterocycles. The summed E-state index contributed by atoms with van der Waals surface area (Å²) in [7, 11) is -1.76. The molecule has 1 saturated carbocycles. The fourth-order valence-corrected chi connectivity index (χ4v) is 4.23. The second-order valence-corrected chi connectivity index (χ2v) is 13.1. The zero-order valence-electron chi connectivity index (χ0n) is 15.0. The van der Waals surface area contributed by atoms with E-state index >= 15 is 0 Å². The van der Waals surface area contributed by atoms with Gasteiger partial charge in [0.25, 0.3) is 0 Å². The highest BCUT2D eigenvalue weighted by molar-refractivity contribution is 6.74. The predicted molar refractivity (Wildman–Crippen MR) is 94.1 cm³/mol. The summed E-state index contributed by atoms with van der Waals surface area (Å²) < 4.78 is 6.38. The number of hydrogen-bond donors (Lipinski definition) is 1. The van der Waals surface area contributed by atoms with Crippen LogP contribution in [0.25, 0.3) is 0 Å². The number of hydrogen-bond acceptors (Lipinski definition) is 2. The summed E-state index contributed by atoms with van der Waals surface area (Å²) in [5.41, 5.74) is 1.05. The third-order valence-corrected chi connectivity index (χ3v) is 10.1. The van der Waals surface area contributed by atoms with E-state index in [0.29, 0.717) is 12.3 Å². The van der Waals surface area contributed by atoms with E-state index in [0.717, 1.165) is 5.57 Å². The molecule has 0 bridgehead atoms. The van der Waals surface area contributed by atoms with Crippen LogP contribution in [-0.2, 0) is 4.43 Å². The average molecular weight is 313 g/mol. The van der Waals surface area contributed by atoms with E-state index in [2.05, 4.69) is 47.4 Å². The van der Waals surface area contributed by atoms with Gasteiger partial charge in [0.2, 0.25) is 0 Å². The first kappa shape index (κ1) is 18.9.